The maximum atomic E-state index is 12.1. The maximum absolute atomic E-state index is 12.1. The SMILES string of the molecule is O=C(NS(=O)(=O)N1CCCCCCC1)C1CCC1. The van der Waals surface area contributed by atoms with Crippen LogP contribution in [0.1, 0.15) is 51.4 Å². The Labute approximate surface area is 109 Å². The second kappa shape index (κ2) is 6.02. The van der Waals surface area contributed by atoms with Crippen LogP contribution in [0.15, 0.2) is 0 Å². The molecule has 18 heavy (non-hydrogen) atoms. The Morgan fingerprint density at radius 1 is 0.944 bits per heavy atom. The van der Waals surface area contributed by atoms with Crippen LogP contribution in [0.3, 0.4) is 0 Å². The van der Waals surface area contributed by atoms with Gasteiger partial charge in [0.25, 0.3) is 0 Å². The molecular formula is C12H22N2O3S. The van der Waals surface area contributed by atoms with E-state index < -0.39 is 10.2 Å². The second-order valence-corrected chi connectivity index (χ2v) is 6.94. The lowest BCUT2D eigenvalue weighted by Crippen LogP contribution is -2.47. The van der Waals surface area contributed by atoms with Gasteiger partial charge in [-0.3, -0.25) is 4.79 Å². The van der Waals surface area contributed by atoms with Crippen molar-refractivity contribution in [3.63, 3.8) is 0 Å². The average molecular weight is 274 g/mol. The van der Waals surface area contributed by atoms with Crippen LogP contribution < -0.4 is 4.72 Å². The van der Waals surface area contributed by atoms with Gasteiger partial charge in [-0.2, -0.15) is 12.7 Å². The van der Waals surface area contributed by atoms with Gasteiger partial charge in [0.2, 0.25) is 5.91 Å². The smallest absolute Gasteiger partial charge is 0.274 e. The quantitative estimate of drug-likeness (QED) is 0.846. The first-order valence-electron chi connectivity index (χ1n) is 6.91. The van der Waals surface area contributed by atoms with E-state index in [-0.39, 0.29) is 11.8 Å². The Bertz CT molecular complexity index is 382. The summed E-state index contributed by atoms with van der Waals surface area (Å²) in [6.07, 6.45) is 7.77. The van der Waals surface area contributed by atoms with Gasteiger partial charge in [0.15, 0.2) is 0 Å². The highest BCUT2D eigenvalue weighted by atomic mass is 32.2. The molecule has 1 saturated heterocycles. The largest absolute Gasteiger partial charge is 0.303 e. The molecule has 1 aliphatic heterocycles. The van der Waals surface area contributed by atoms with Crippen molar-refractivity contribution in [2.75, 3.05) is 13.1 Å². The zero-order valence-corrected chi connectivity index (χ0v) is 11.5. The first-order valence-corrected chi connectivity index (χ1v) is 8.35. The number of hydrogen-bond donors (Lipinski definition) is 1. The minimum Gasteiger partial charge on any atom is -0.274 e. The normalized spacial score (nSPS) is 23.8. The van der Waals surface area contributed by atoms with Crippen LogP contribution in [0.25, 0.3) is 0 Å². The first-order chi connectivity index (χ1) is 8.59. The zero-order chi connectivity index (χ0) is 13.0. The molecule has 0 radical (unpaired) electrons. The topological polar surface area (TPSA) is 66.5 Å². The van der Waals surface area contributed by atoms with Crippen LogP contribution in [0.4, 0.5) is 0 Å². The summed E-state index contributed by atoms with van der Waals surface area (Å²) in [5, 5.41) is 0. The molecule has 104 valence electrons. The number of rotatable bonds is 3. The van der Waals surface area contributed by atoms with E-state index in [4.69, 9.17) is 0 Å². The van der Waals surface area contributed by atoms with Gasteiger partial charge in [-0.15, -0.1) is 0 Å². The minimum atomic E-state index is -3.61. The molecule has 1 amide bonds. The number of carbonyl (C=O) groups is 1. The molecule has 1 saturated carbocycles. The van der Waals surface area contributed by atoms with E-state index in [1.807, 2.05) is 0 Å². The summed E-state index contributed by atoms with van der Waals surface area (Å²) >= 11 is 0. The van der Waals surface area contributed by atoms with Crippen molar-refractivity contribution in [2.45, 2.75) is 51.4 Å². The third-order valence-electron chi connectivity index (χ3n) is 3.86. The van der Waals surface area contributed by atoms with Crippen molar-refractivity contribution >= 4 is 16.1 Å². The third-order valence-corrected chi connectivity index (χ3v) is 5.36. The van der Waals surface area contributed by atoms with Crippen LogP contribution >= 0.6 is 0 Å². The highest BCUT2D eigenvalue weighted by Crippen LogP contribution is 2.26. The van der Waals surface area contributed by atoms with Gasteiger partial charge in [-0.1, -0.05) is 25.7 Å². The standard InChI is InChI=1S/C12H22N2O3S/c15-12(11-7-6-8-11)13-18(16,17)14-9-4-2-1-3-5-10-14/h11H,1-10H2,(H,13,15). The summed E-state index contributed by atoms with van der Waals surface area (Å²) < 4.78 is 27.9. The molecule has 2 aliphatic rings. The molecule has 0 aromatic heterocycles. The summed E-state index contributed by atoms with van der Waals surface area (Å²) in [6.45, 7) is 1.07. The summed E-state index contributed by atoms with van der Waals surface area (Å²) in [5.41, 5.74) is 0. The molecule has 2 rings (SSSR count). The van der Waals surface area contributed by atoms with Gasteiger partial charge in [-0.25, -0.2) is 4.72 Å². The Morgan fingerprint density at radius 2 is 1.50 bits per heavy atom. The van der Waals surface area contributed by atoms with Crippen LogP contribution in [0, 0.1) is 5.92 Å². The zero-order valence-electron chi connectivity index (χ0n) is 10.7. The summed E-state index contributed by atoms with van der Waals surface area (Å²) in [6, 6.07) is 0. The number of nitrogens with one attached hydrogen (secondary N) is 1. The average Bonchev–Trinajstić information content (AvgIpc) is 2.11. The molecule has 5 nitrogen and oxygen atoms in total. The molecule has 0 aromatic carbocycles. The Hall–Kier alpha value is -0.620. The predicted octanol–water partition coefficient (Wildman–Crippen LogP) is 1.41. The molecule has 1 heterocycles. The van der Waals surface area contributed by atoms with Gasteiger partial charge >= 0.3 is 10.2 Å². The molecule has 1 aliphatic carbocycles. The first kappa shape index (κ1) is 13.8. The van der Waals surface area contributed by atoms with Crippen LogP contribution in [-0.4, -0.2) is 31.7 Å². The van der Waals surface area contributed by atoms with Crippen LogP contribution in [0.5, 0.6) is 0 Å². The van der Waals surface area contributed by atoms with Crippen molar-refractivity contribution in [1.82, 2.24) is 9.03 Å². The third kappa shape index (κ3) is 3.45. The van der Waals surface area contributed by atoms with Crippen molar-refractivity contribution in [3.8, 4) is 0 Å². The molecule has 6 heteroatoms. The lowest BCUT2D eigenvalue weighted by atomic mass is 9.85. The number of nitrogens with zero attached hydrogens (tertiary/aromatic N) is 1. The van der Waals surface area contributed by atoms with Crippen molar-refractivity contribution in [2.24, 2.45) is 5.92 Å². The van der Waals surface area contributed by atoms with Crippen molar-refractivity contribution in [1.29, 1.82) is 0 Å². The number of amides is 1. The van der Waals surface area contributed by atoms with E-state index in [2.05, 4.69) is 4.72 Å². The molecule has 0 unspecified atom stereocenters. The van der Waals surface area contributed by atoms with E-state index in [0.717, 1.165) is 44.9 Å². The molecule has 0 atom stereocenters. The molecule has 1 N–H and O–H groups in total. The van der Waals surface area contributed by atoms with E-state index in [1.54, 1.807) is 0 Å². The monoisotopic (exact) mass is 274 g/mol. The Balaban J connectivity index is 1.92. The van der Waals surface area contributed by atoms with Gasteiger partial charge in [0.1, 0.15) is 0 Å². The summed E-state index contributed by atoms with van der Waals surface area (Å²) in [5.74, 6) is -0.405. The molecule has 2 fully saturated rings. The molecule has 0 spiro atoms. The van der Waals surface area contributed by atoms with Gasteiger partial charge in [0, 0.05) is 19.0 Å². The molecule has 0 aromatic rings. The lowest BCUT2D eigenvalue weighted by Gasteiger charge is -2.27. The predicted molar refractivity (Wildman–Crippen MR) is 69.1 cm³/mol. The van der Waals surface area contributed by atoms with E-state index >= 15 is 0 Å². The van der Waals surface area contributed by atoms with Crippen molar-refractivity contribution < 1.29 is 13.2 Å². The lowest BCUT2D eigenvalue weighted by molar-refractivity contribution is -0.125. The highest BCUT2D eigenvalue weighted by molar-refractivity contribution is 7.87. The van der Waals surface area contributed by atoms with Gasteiger partial charge in [-0.05, 0) is 25.7 Å². The van der Waals surface area contributed by atoms with Crippen molar-refractivity contribution in [3.05, 3.63) is 0 Å². The fourth-order valence-electron chi connectivity index (χ4n) is 2.40. The number of hydrogen-bond acceptors (Lipinski definition) is 3. The van der Waals surface area contributed by atoms with Crippen LogP contribution in [-0.2, 0) is 15.0 Å². The molecular weight excluding hydrogens is 252 g/mol. The van der Waals surface area contributed by atoms with Gasteiger partial charge < -0.3 is 0 Å². The molecule has 0 bridgehead atoms. The van der Waals surface area contributed by atoms with E-state index in [9.17, 15) is 13.2 Å². The Kier molecular flexibility index (Phi) is 4.61. The summed E-state index contributed by atoms with van der Waals surface area (Å²) in [7, 11) is -3.61. The minimum absolute atomic E-state index is 0.0884. The number of carbonyl (C=O) groups excluding carboxylic acids is 1. The van der Waals surface area contributed by atoms with Crippen LogP contribution in [0.2, 0.25) is 0 Å². The second-order valence-electron chi connectivity index (χ2n) is 5.27. The van der Waals surface area contributed by atoms with Gasteiger partial charge in [0.05, 0.1) is 0 Å². The highest BCUT2D eigenvalue weighted by Gasteiger charge is 2.31. The fraction of sp³-hybridized carbons (Fsp3) is 0.917. The maximum Gasteiger partial charge on any atom is 0.303 e. The fourth-order valence-corrected chi connectivity index (χ4v) is 3.69. The summed E-state index contributed by atoms with van der Waals surface area (Å²) in [4.78, 5) is 11.7. The van der Waals surface area contributed by atoms with E-state index in [1.165, 1.54) is 10.7 Å². The Morgan fingerprint density at radius 3 is 2.00 bits per heavy atom. The van der Waals surface area contributed by atoms with E-state index in [0.29, 0.717) is 13.1 Å².